The number of aliphatic hydroxyl groups is 1. The molecule has 0 rings (SSSR count). The van der Waals surface area contributed by atoms with Crippen LogP contribution in [0.1, 0.15) is 54.4 Å². The SMILES string of the molecule is C=COC(C)(C)C(OCCC(CC)(OC(=O)C(=C)C)C(OCC(C)C(OC(=O)C(=C)C)C(O)(C(F)(F)F)C(F)(F)F)(C(F)(F)F)C(F)(F)F)(C(F)(F)F)C(F)(F)F. The van der Waals surface area contributed by atoms with Crippen molar-refractivity contribution in [3.8, 4) is 0 Å². The van der Waals surface area contributed by atoms with Gasteiger partial charge in [-0.3, -0.25) is 0 Å². The summed E-state index contributed by atoms with van der Waals surface area (Å²) in [4.78, 5) is 24.7. The molecule has 3 unspecified atom stereocenters. The Bertz CT molecular complexity index is 1410. The standard InChI is InChI=1S/C31H36F18O8/c1-10-22(57-20(51)16(5)6,12-13-54-24(28(38,39)40,29(41,42)43)21(8,9)53-11-2)25(30(44,45)46,31(47,48)49)55-14-17(7)18(56-19(50)15(3)4)23(52,26(32,33)34)27(35,36)37/h11,17-18,52H,2-3,5,10,12-14H2,1,4,6-9H3. The van der Waals surface area contributed by atoms with E-state index >= 15 is 26.3 Å². The van der Waals surface area contributed by atoms with E-state index < -0.39 is 126 Å². The van der Waals surface area contributed by atoms with Gasteiger partial charge in [-0.1, -0.05) is 33.6 Å². The van der Waals surface area contributed by atoms with Crippen molar-refractivity contribution in [1.82, 2.24) is 0 Å². The predicted octanol–water partition coefficient (Wildman–Crippen LogP) is 9.32. The molecular formula is C31H36F18O8. The highest BCUT2D eigenvalue weighted by atomic mass is 19.4. The Morgan fingerprint density at radius 2 is 1.05 bits per heavy atom. The van der Waals surface area contributed by atoms with Gasteiger partial charge in [-0.2, -0.15) is 79.0 Å². The van der Waals surface area contributed by atoms with Crippen molar-refractivity contribution in [2.45, 2.75) is 126 Å². The number of alkyl halides is 18. The van der Waals surface area contributed by atoms with Gasteiger partial charge in [0.25, 0.3) is 16.8 Å². The lowest BCUT2D eigenvalue weighted by Crippen LogP contribution is -2.74. The number of ether oxygens (including phenoxy) is 5. The molecule has 0 saturated carbocycles. The van der Waals surface area contributed by atoms with Crippen molar-refractivity contribution in [2.24, 2.45) is 5.92 Å². The van der Waals surface area contributed by atoms with Crippen LogP contribution in [0.25, 0.3) is 0 Å². The van der Waals surface area contributed by atoms with E-state index in [2.05, 4.69) is 43.4 Å². The second kappa shape index (κ2) is 17.0. The van der Waals surface area contributed by atoms with E-state index in [9.17, 15) is 67.4 Å². The summed E-state index contributed by atoms with van der Waals surface area (Å²) in [5.41, 5.74) is -28.8. The summed E-state index contributed by atoms with van der Waals surface area (Å²) >= 11 is 0. The Balaban J connectivity index is 8.21. The van der Waals surface area contributed by atoms with Crippen molar-refractivity contribution in [3.05, 3.63) is 37.1 Å². The molecule has 8 nitrogen and oxygen atoms in total. The summed E-state index contributed by atoms with van der Waals surface area (Å²) < 4.78 is 281. The zero-order chi connectivity index (χ0) is 46.0. The molecule has 0 bridgehead atoms. The smallest absolute Gasteiger partial charge is 0.430 e. The quantitative estimate of drug-likeness (QED) is 0.0630. The van der Waals surface area contributed by atoms with Gasteiger partial charge in [-0.05, 0) is 34.1 Å². The first-order valence-electron chi connectivity index (χ1n) is 15.4. The van der Waals surface area contributed by atoms with Gasteiger partial charge in [-0.15, -0.1) is 0 Å². The lowest BCUT2D eigenvalue weighted by atomic mass is 9.75. The van der Waals surface area contributed by atoms with Gasteiger partial charge in [0.1, 0.15) is 5.60 Å². The monoisotopic (exact) mass is 878 g/mol. The molecule has 334 valence electrons. The van der Waals surface area contributed by atoms with E-state index in [1.807, 2.05) is 0 Å². The van der Waals surface area contributed by atoms with Crippen molar-refractivity contribution in [3.63, 3.8) is 0 Å². The van der Waals surface area contributed by atoms with E-state index in [4.69, 9.17) is 0 Å². The molecule has 0 radical (unpaired) electrons. The summed E-state index contributed by atoms with van der Waals surface area (Å²) in [6.07, 6.45) is -50.4. The third-order valence-corrected chi connectivity index (χ3v) is 8.43. The first-order valence-corrected chi connectivity index (χ1v) is 15.4. The van der Waals surface area contributed by atoms with Gasteiger partial charge in [0.15, 0.2) is 11.7 Å². The average Bonchev–Trinajstić information content (AvgIpc) is 2.96. The Morgan fingerprint density at radius 3 is 1.35 bits per heavy atom. The molecule has 57 heavy (non-hydrogen) atoms. The molecule has 26 heteroatoms. The van der Waals surface area contributed by atoms with Gasteiger partial charge < -0.3 is 28.8 Å². The molecule has 0 heterocycles. The Hall–Kier alpha value is -3.42. The molecule has 0 aliphatic rings. The molecular weight excluding hydrogens is 842 g/mol. The zero-order valence-corrected chi connectivity index (χ0v) is 30.3. The fourth-order valence-electron chi connectivity index (χ4n) is 5.53. The average molecular weight is 879 g/mol. The molecule has 0 aromatic carbocycles. The highest BCUT2D eigenvalue weighted by Crippen LogP contribution is 2.58. The van der Waals surface area contributed by atoms with E-state index in [0.717, 1.165) is 0 Å². The summed E-state index contributed by atoms with van der Waals surface area (Å²) in [6.45, 7) is 4.79. The number of halogens is 18. The van der Waals surface area contributed by atoms with Crippen LogP contribution in [-0.2, 0) is 33.3 Å². The lowest BCUT2D eigenvalue weighted by molar-refractivity contribution is -0.438. The van der Waals surface area contributed by atoms with Gasteiger partial charge in [0, 0.05) is 23.5 Å². The topological polar surface area (TPSA) is 101 Å². The lowest BCUT2D eigenvalue weighted by Gasteiger charge is -2.51. The summed E-state index contributed by atoms with van der Waals surface area (Å²) in [6, 6.07) is 0. The summed E-state index contributed by atoms with van der Waals surface area (Å²) in [5, 5.41) is 9.96. The third kappa shape index (κ3) is 9.90. The van der Waals surface area contributed by atoms with Crippen molar-refractivity contribution in [1.29, 1.82) is 0 Å². The minimum Gasteiger partial charge on any atom is -0.492 e. The second-order valence-corrected chi connectivity index (χ2v) is 12.9. The van der Waals surface area contributed by atoms with Crippen LogP contribution >= 0.6 is 0 Å². The minimum atomic E-state index is -7.18. The number of hydrogen-bond acceptors (Lipinski definition) is 8. The fraction of sp³-hybridized carbons (Fsp3) is 0.742. The van der Waals surface area contributed by atoms with Gasteiger partial charge in [0.05, 0.1) is 19.5 Å². The van der Waals surface area contributed by atoms with Crippen LogP contribution in [0.5, 0.6) is 0 Å². The summed E-state index contributed by atoms with van der Waals surface area (Å²) in [7, 11) is 0. The molecule has 0 aromatic rings. The van der Waals surface area contributed by atoms with Crippen LogP contribution < -0.4 is 0 Å². The van der Waals surface area contributed by atoms with E-state index in [-0.39, 0.29) is 34.0 Å². The largest absolute Gasteiger partial charge is 0.492 e. The molecule has 0 aliphatic carbocycles. The third-order valence-electron chi connectivity index (χ3n) is 8.43. The van der Waals surface area contributed by atoms with E-state index in [1.54, 1.807) is 0 Å². The normalized spacial score (nSPS) is 16.6. The molecule has 0 fully saturated rings. The zero-order valence-electron chi connectivity index (χ0n) is 30.3. The van der Waals surface area contributed by atoms with Gasteiger partial charge in [0.2, 0.25) is 0 Å². The number of hydrogen-bond donors (Lipinski definition) is 1. The first-order chi connectivity index (χ1) is 25.0. The van der Waals surface area contributed by atoms with Gasteiger partial charge >= 0.3 is 49.0 Å². The van der Waals surface area contributed by atoms with Crippen LogP contribution in [0.15, 0.2) is 37.1 Å². The van der Waals surface area contributed by atoms with Gasteiger partial charge in [-0.25, -0.2) is 9.59 Å². The number of carbonyl (C=O) groups excluding carboxylic acids is 2. The van der Waals surface area contributed by atoms with E-state index in [0.29, 0.717) is 13.8 Å². The highest BCUT2D eigenvalue weighted by molar-refractivity contribution is 5.87. The Labute approximate surface area is 311 Å². The number of carbonyl (C=O) groups is 2. The highest BCUT2D eigenvalue weighted by Gasteiger charge is 2.84. The molecule has 1 N–H and O–H groups in total. The first kappa shape index (κ1) is 53.6. The second-order valence-electron chi connectivity index (χ2n) is 12.9. The summed E-state index contributed by atoms with van der Waals surface area (Å²) in [5.74, 6) is -7.75. The van der Waals surface area contributed by atoms with Crippen LogP contribution in [-0.4, -0.2) is 101 Å². The molecule has 3 atom stereocenters. The maximum Gasteiger partial charge on any atom is 0.430 e. The number of esters is 2. The van der Waals surface area contributed by atoms with Crippen LogP contribution in [0.2, 0.25) is 0 Å². The molecule has 0 aromatic heterocycles. The fourth-order valence-corrected chi connectivity index (χ4v) is 5.53. The maximum absolute atomic E-state index is 15.1. The minimum absolute atomic E-state index is 0.0352. The predicted molar refractivity (Wildman–Crippen MR) is 156 cm³/mol. The van der Waals surface area contributed by atoms with Crippen LogP contribution in [0.3, 0.4) is 0 Å². The maximum atomic E-state index is 15.1. The number of rotatable bonds is 18. The van der Waals surface area contributed by atoms with Crippen LogP contribution in [0, 0.1) is 5.92 Å². The van der Waals surface area contributed by atoms with Crippen molar-refractivity contribution >= 4 is 11.9 Å². The molecule has 0 aliphatic heterocycles. The molecule has 0 spiro atoms. The van der Waals surface area contributed by atoms with Crippen LogP contribution in [0.4, 0.5) is 79.0 Å². The molecule has 0 amide bonds. The Morgan fingerprint density at radius 1 is 0.667 bits per heavy atom. The Kier molecular flexibility index (Phi) is 16.0. The van der Waals surface area contributed by atoms with Crippen molar-refractivity contribution in [2.75, 3.05) is 13.2 Å². The van der Waals surface area contributed by atoms with Crippen molar-refractivity contribution < 1.29 is 117 Å². The van der Waals surface area contributed by atoms with E-state index in [1.165, 1.54) is 0 Å². The molecule has 0 saturated heterocycles.